The number of hydrogen-bond donors (Lipinski definition) is 0. The summed E-state index contributed by atoms with van der Waals surface area (Å²) in [6.45, 7) is 0.536. The SMILES string of the molecule is CN1CCC/C(=C\C(F)(F)F)C1=O. The van der Waals surface area contributed by atoms with Crippen LogP contribution in [-0.4, -0.2) is 30.6 Å². The molecule has 1 fully saturated rings. The van der Waals surface area contributed by atoms with Crippen molar-refractivity contribution in [1.82, 2.24) is 4.90 Å². The molecule has 0 atom stereocenters. The van der Waals surface area contributed by atoms with E-state index in [1.807, 2.05) is 0 Å². The number of nitrogens with zero attached hydrogens (tertiary/aromatic N) is 1. The molecular weight excluding hydrogens is 183 g/mol. The average Bonchev–Trinajstić information content (AvgIpc) is 1.96. The molecule has 0 aromatic carbocycles. The summed E-state index contributed by atoms with van der Waals surface area (Å²) in [6.07, 6.45) is -3.46. The molecule has 1 rings (SSSR count). The van der Waals surface area contributed by atoms with Gasteiger partial charge in [0.1, 0.15) is 0 Å². The van der Waals surface area contributed by atoms with Crippen molar-refractivity contribution in [1.29, 1.82) is 0 Å². The lowest BCUT2D eigenvalue weighted by Crippen LogP contribution is -2.33. The Morgan fingerprint density at radius 1 is 1.46 bits per heavy atom. The number of alkyl halides is 3. The molecule has 5 heteroatoms. The van der Waals surface area contributed by atoms with Gasteiger partial charge < -0.3 is 4.90 Å². The van der Waals surface area contributed by atoms with Crippen molar-refractivity contribution >= 4 is 5.91 Å². The molecule has 0 aliphatic carbocycles. The summed E-state index contributed by atoms with van der Waals surface area (Å²) in [7, 11) is 1.51. The highest BCUT2D eigenvalue weighted by Gasteiger charge is 2.29. The number of likely N-dealkylation sites (tertiary alicyclic amines) is 1. The molecule has 0 bridgehead atoms. The topological polar surface area (TPSA) is 20.3 Å². The summed E-state index contributed by atoms with van der Waals surface area (Å²) >= 11 is 0. The van der Waals surface area contributed by atoms with E-state index in [9.17, 15) is 18.0 Å². The zero-order valence-corrected chi connectivity index (χ0v) is 7.19. The fourth-order valence-electron chi connectivity index (χ4n) is 1.29. The quantitative estimate of drug-likeness (QED) is 0.536. The van der Waals surface area contributed by atoms with Gasteiger partial charge in [-0.1, -0.05) is 0 Å². The molecule has 74 valence electrons. The largest absolute Gasteiger partial charge is 0.410 e. The zero-order chi connectivity index (χ0) is 10.1. The van der Waals surface area contributed by atoms with E-state index in [4.69, 9.17) is 0 Å². The predicted molar refractivity (Wildman–Crippen MR) is 41.0 cm³/mol. The van der Waals surface area contributed by atoms with Crippen molar-refractivity contribution in [3.8, 4) is 0 Å². The van der Waals surface area contributed by atoms with Crippen LogP contribution in [0.1, 0.15) is 12.8 Å². The Morgan fingerprint density at radius 3 is 2.62 bits per heavy atom. The lowest BCUT2D eigenvalue weighted by atomic mass is 10.0. The number of amides is 1. The summed E-state index contributed by atoms with van der Waals surface area (Å²) in [4.78, 5) is 12.5. The van der Waals surface area contributed by atoms with Gasteiger partial charge >= 0.3 is 6.18 Å². The van der Waals surface area contributed by atoms with Crippen LogP contribution in [0.3, 0.4) is 0 Å². The Balaban J connectivity index is 2.80. The number of allylic oxidation sites excluding steroid dienone is 1. The van der Waals surface area contributed by atoms with Crippen molar-refractivity contribution in [3.63, 3.8) is 0 Å². The van der Waals surface area contributed by atoms with Crippen LogP contribution in [0.15, 0.2) is 11.6 Å². The monoisotopic (exact) mass is 193 g/mol. The molecule has 0 saturated carbocycles. The Kier molecular flexibility index (Phi) is 2.63. The number of rotatable bonds is 0. The van der Waals surface area contributed by atoms with E-state index in [0.717, 1.165) is 0 Å². The molecule has 1 heterocycles. The van der Waals surface area contributed by atoms with Crippen molar-refractivity contribution in [2.75, 3.05) is 13.6 Å². The number of carbonyl (C=O) groups is 1. The number of piperidine rings is 1. The van der Waals surface area contributed by atoms with Crippen molar-refractivity contribution in [2.24, 2.45) is 0 Å². The van der Waals surface area contributed by atoms with Crippen LogP contribution >= 0.6 is 0 Å². The van der Waals surface area contributed by atoms with E-state index in [1.165, 1.54) is 11.9 Å². The molecule has 0 aromatic heterocycles. The third-order valence-electron chi connectivity index (χ3n) is 1.90. The van der Waals surface area contributed by atoms with Crippen molar-refractivity contribution < 1.29 is 18.0 Å². The minimum Gasteiger partial charge on any atom is -0.342 e. The van der Waals surface area contributed by atoms with E-state index < -0.39 is 12.1 Å². The first kappa shape index (κ1) is 10.1. The third-order valence-corrected chi connectivity index (χ3v) is 1.90. The van der Waals surface area contributed by atoms with Gasteiger partial charge in [0, 0.05) is 25.2 Å². The first-order valence-corrected chi connectivity index (χ1v) is 3.94. The van der Waals surface area contributed by atoms with Crippen LogP contribution in [0.2, 0.25) is 0 Å². The molecule has 0 spiro atoms. The van der Waals surface area contributed by atoms with Gasteiger partial charge in [0.2, 0.25) is 5.91 Å². The van der Waals surface area contributed by atoms with Crippen LogP contribution in [0.25, 0.3) is 0 Å². The summed E-state index contributed by atoms with van der Waals surface area (Å²) in [5, 5.41) is 0. The summed E-state index contributed by atoms with van der Waals surface area (Å²) in [5.74, 6) is -0.511. The zero-order valence-electron chi connectivity index (χ0n) is 7.19. The predicted octanol–water partition coefficient (Wildman–Crippen LogP) is 1.73. The molecule has 0 unspecified atom stereocenters. The third kappa shape index (κ3) is 2.75. The van der Waals surface area contributed by atoms with E-state index >= 15 is 0 Å². The summed E-state index contributed by atoms with van der Waals surface area (Å²) in [6, 6.07) is 0. The molecule has 0 aromatic rings. The van der Waals surface area contributed by atoms with Gasteiger partial charge in [-0.05, 0) is 12.8 Å². The highest BCUT2D eigenvalue weighted by Crippen LogP contribution is 2.23. The molecule has 2 nitrogen and oxygen atoms in total. The van der Waals surface area contributed by atoms with Crippen LogP contribution in [-0.2, 0) is 4.79 Å². The van der Waals surface area contributed by atoms with Crippen molar-refractivity contribution in [2.45, 2.75) is 19.0 Å². The van der Waals surface area contributed by atoms with Crippen LogP contribution < -0.4 is 0 Å². The molecule has 1 saturated heterocycles. The molecular formula is C8H10F3NO. The molecule has 0 N–H and O–H groups in total. The number of hydrogen-bond acceptors (Lipinski definition) is 1. The fourth-order valence-corrected chi connectivity index (χ4v) is 1.29. The Bertz CT molecular complexity index is 244. The smallest absolute Gasteiger partial charge is 0.342 e. The van der Waals surface area contributed by atoms with Gasteiger partial charge in [-0.15, -0.1) is 0 Å². The normalized spacial score (nSPS) is 22.6. The molecule has 0 radical (unpaired) electrons. The maximum absolute atomic E-state index is 11.9. The highest BCUT2D eigenvalue weighted by molar-refractivity contribution is 5.94. The first-order chi connectivity index (χ1) is 5.90. The molecule has 1 aliphatic rings. The van der Waals surface area contributed by atoms with E-state index in [2.05, 4.69) is 0 Å². The van der Waals surface area contributed by atoms with E-state index in [-0.39, 0.29) is 18.1 Å². The number of carbonyl (C=O) groups excluding carboxylic acids is 1. The summed E-state index contributed by atoms with van der Waals surface area (Å²) in [5.41, 5.74) is -0.138. The average molecular weight is 193 g/mol. The lowest BCUT2D eigenvalue weighted by Gasteiger charge is -2.24. The van der Waals surface area contributed by atoms with Crippen LogP contribution in [0.4, 0.5) is 13.2 Å². The van der Waals surface area contributed by atoms with Gasteiger partial charge in [0.05, 0.1) is 0 Å². The van der Waals surface area contributed by atoms with Crippen LogP contribution in [0, 0.1) is 0 Å². The van der Waals surface area contributed by atoms with Gasteiger partial charge in [-0.25, -0.2) is 0 Å². The number of likely N-dealkylation sites (N-methyl/N-ethyl adjacent to an activating group) is 1. The molecule has 1 aliphatic heterocycles. The standard InChI is InChI=1S/C8H10F3NO/c1-12-4-2-3-6(7(12)13)5-8(9,10)11/h5H,2-4H2,1H3/b6-5+. The van der Waals surface area contributed by atoms with Gasteiger partial charge in [-0.2, -0.15) is 13.2 Å². The maximum atomic E-state index is 11.9. The Morgan fingerprint density at radius 2 is 2.08 bits per heavy atom. The van der Waals surface area contributed by atoms with Crippen molar-refractivity contribution in [3.05, 3.63) is 11.6 Å². The number of halogens is 3. The minimum atomic E-state index is -4.39. The fraction of sp³-hybridized carbons (Fsp3) is 0.625. The van der Waals surface area contributed by atoms with Gasteiger partial charge in [0.25, 0.3) is 0 Å². The first-order valence-electron chi connectivity index (χ1n) is 3.94. The van der Waals surface area contributed by atoms with Gasteiger partial charge in [0.15, 0.2) is 0 Å². The summed E-state index contributed by atoms with van der Waals surface area (Å²) < 4.78 is 35.7. The molecule has 1 amide bonds. The maximum Gasteiger partial charge on any atom is 0.410 e. The second-order valence-electron chi connectivity index (χ2n) is 3.04. The highest BCUT2D eigenvalue weighted by atomic mass is 19.4. The second-order valence-corrected chi connectivity index (χ2v) is 3.04. The molecule has 13 heavy (non-hydrogen) atoms. The van der Waals surface area contributed by atoms with Gasteiger partial charge in [-0.3, -0.25) is 4.79 Å². The van der Waals surface area contributed by atoms with Crippen LogP contribution in [0.5, 0.6) is 0 Å². The Hall–Kier alpha value is -1.00. The van der Waals surface area contributed by atoms with E-state index in [1.54, 1.807) is 0 Å². The minimum absolute atomic E-state index is 0.102. The Labute approximate surface area is 74.0 Å². The lowest BCUT2D eigenvalue weighted by molar-refractivity contribution is -0.128. The van der Waals surface area contributed by atoms with E-state index in [0.29, 0.717) is 13.0 Å². The second kappa shape index (κ2) is 3.40.